The Labute approximate surface area is 261 Å². The highest BCUT2D eigenvalue weighted by Gasteiger charge is 2.58. The Bertz CT molecular complexity index is 1770. The Kier molecular flexibility index (Phi) is 7.70. The van der Waals surface area contributed by atoms with Crippen molar-refractivity contribution in [1.29, 1.82) is 0 Å². The van der Waals surface area contributed by atoms with Gasteiger partial charge in [-0.15, -0.1) is 0 Å². The zero-order chi connectivity index (χ0) is 32.3. The zero-order valence-corrected chi connectivity index (χ0v) is 25.8. The maximum atomic E-state index is 12.4. The van der Waals surface area contributed by atoms with Crippen LogP contribution in [0.1, 0.15) is 72.1 Å². The largest absolute Gasteiger partial charge is 0.508 e. The average molecular weight is 617 g/mol. The molecule has 1 heterocycles. The van der Waals surface area contributed by atoms with Crippen molar-refractivity contribution in [1.82, 2.24) is 0 Å². The van der Waals surface area contributed by atoms with Gasteiger partial charge in [0.15, 0.2) is 17.3 Å². The van der Waals surface area contributed by atoms with Crippen LogP contribution < -0.4 is 5.43 Å². The monoisotopic (exact) mass is 616 g/mol. The molecule has 3 saturated carbocycles. The maximum Gasteiger partial charge on any atom is 0.302 e. The smallest absolute Gasteiger partial charge is 0.302 e. The molecule has 0 bridgehead atoms. The lowest BCUT2D eigenvalue weighted by molar-refractivity contribution is -0.148. The SMILES string of the molecule is CC(=O)OC1CCC2(C)C(=CCC3C4CCC(=O)C4(C)CCC32)C1.O=c1c(O)c(-c2ccc(O)c(O)c2)oc2cc(O)ccc12. The van der Waals surface area contributed by atoms with Gasteiger partial charge in [-0.1, -0.05) is 25.5 Å². The van der Waals surface area contributed by atoms with Crippen molar-refractivity contribution in [2.45, 2.75) is 78.2 Å². The number of phenolic OH excluding ortho intramolecular Hbond substituents is 3. The Morgan fingerprint density at radius 2 is 1.64 bits per heavy atom. The number of ether oxygens (including phenoxy) is 1. The van der Waals surface area contributed by atoms with Crippen LogP contribution in [0.4, 0.5) is 0 Å². The van der Waals surface area contributed by atoms with Gasteiger partial charge in [-0.2, -0.15) is 0 Å². The molecule has 3 aromatic rings. The van der Waals surface area contributed by atoms with Crippen molar-refractivity contribution in [2.75, 3.05) is 0 Å². The van der Waals surface area contributed by atoms with Crippen molar-refractivity contribution < 1.29 is 39.2 Å². The van der Waals surface area contributed by atoms with E-state index in [2.05, 4.69) is 19.9 Å². The summed E-state index contributed by atoms with van der Waals surface area (Å²) < 4.78 is 10.9. The van der Waals surface area contributed by atoms with Crippen LogP contribution in [0.25, 0.3) is 22.3 Å². The fourth-order valence-corrected chi connectivity index (χ4v) is 8.77. The third kappa shape index (κ3) is 5.26. The molecule has 6 atom stereocenters. The number of benzene rings is 2. The molecule has 238 valence electrons. The number of aromatic hydroxyl groups is 4. The topological polar surface area (TPSA) is 154 Å². The molecule has 0 radical (unpaired) electrons. The fraction of sp³-hybridized carbons (Fsp3) is 0.472. The lowest BCUT2D eigenvalue weighted by Gasteiger charge is -2.56. The van der Waals surface area contributed by atoms with Crippen LogP contribution in [0.3, 0.4) is 0 Å². The van der Waals surface area contributed by atoms with E-state index in [0.29, 0.717) is 23.5 Å². The molecule has 0 aliphatic heterocycles. The molecular formula is C36H40O9. The number of rotatable bonds is 2. The van der Waals surface area contributed by atoms with Gasteiger partial charge in [0.05, 0.1) is 5.39 Å². The van der Waals surface area contributed by atoms with Crippen LogP contribution >= 0.6 is 0 Å². The predicted octanol–water partition coefficient (Wildman–Crippen LogP) is 6.73. The highest BCUT2D eigenvalue weighted by Crippen LogP contribution is 2.64. The van der Waals surface area contributed by atoms with Crippen molar-refractivity contribution in [3.63, 3.8) is 0 Å². The van der Waals surface area contributed by atoms with Crippen LogP contribution in [-0.4, -0.2) is 38.3 Å². The van der Waals surface area contributed by atoms with E-state index in [0.717, 1.165) is 51.0 Å². The summed E-state index contributed by atoms with van der Waals surface area (Å²) in [5, 5.41) is 38.3. The van der Waals surface area contributed by atoms with Crippen LogP contribution in [0.15, 0.2) is 57.3 Å². The number of hydrogen-bond acceptors (Lipinski definition) is 9. The first-order valence-corrected chi connectivity index (χ1v) is 15.7. The van der Waals surface area contributed by atoms with Gasteiger partial charge in [-0.3, -0.25) is 14.4 Å². The Morgan fingerprint density at radius 3 is 2.38 bits per heavy atom. The lowest BCUT2D eigenvalue weighted by Crippen LogP contribution is -2.50. The molecule has 0 amide bonds. The zero-order valence-electron chi connectivity index (χ0n) is 25.8. The van der Waals surface area contributed by atoms with Gasteiger partial charge in [0, 0.05) is 36.8 Å². The number of ketones is 1. The third-order valence-corrected chi connectivity index (χ3v) is 11.2. The molecule has 6 unspecified atom stereocenters. The van der Waals surface area contributed by atoms with Gasteiger partial charge in [-0.25, -0.2) is 0 Å². The number of carbonyl (C=O) groups is 2. The minimum Gasteiger partial charge on any atom is -0.508 e. The van der Waals surface area contributed by atoms with E-state index >= 15 is 0 Å². The Balaban J connectivity index is 0.000000160. The highest BCUT2D eigenvalue weighted by molar-refractivity contribution is 5.87. The standard InChI is InChI=1S/C21H30O3.C15H10O6/c1-13(22)24-15-8-10-20(2)14(12-15)4-5-16-17-6-7-19(23)21(17,3)11-9-18(16)20;16-8-2-3-9-12(6-8)21-15(14(20)13(9)19)7-1-4-10(17)11(18)5-7/h4,15-18H,5-12H2,1-3H3;1-6,16-18,20H. The summed E-state index contributed by atoms with van der Waals surface area (Å²) in [5.74, 6) is 0.728. The second-order valence-corrected chi connectivity index (χ2v) is 13.6. The van der Waals surface area contributed by atoms with Crippen molar-refractivity contribution in [2.24, 2.45) is 28.6 Å². The van der Waals surface area contributed by atoms with E-state index in [4.69, 9.17) is 9.15 Å². The first-order chi connectivity index (χ1) is 21.3. The molecule has 4 N–H and O–H groups in total. The third-order valence-electron chi connectivity index (χ3n) is 11.2. The van der Waals surface area contributed by atoms with Crippen LogP contribution in [-0.2, 0) is 14.3 Å². The summed E-state index contributed by atoms with van der Waals surface area (Å²) in [4.78, 5) is 35.8. The minimum absolute atomic E-state index is 0.0438. The second kappa shape index (κ2) is 11.3. The van der Waals surface area contributed by atoms with Gasteiger partial charge in [-0.05, 0) is 92.0 Å². The lowest BCUT2D eigenvalue weighted by atomic mass is 9.48. The number of allylic oxidation sites excluding steroid dienone is 1. The normalized spacial score (nSPS) is 30.3. The molecule has 45 heavy (non-hydrogen) atoms. The van der Waals surface area contributed by atoms with Gasteiger partial charge < -0.3 is 29.6 Å². The summed E-state index contributed by atoms with van der Waals surface area (Å²) in [6, 6.07) is 7.64. The number of Topliss-reactive ketones (excluding diaryl/α,β-unsaturated/α-hetero) is 1. The number of esters is 1. The summed E-state index contributed by atoms with van der Waals surface area (Å²) in [6.07, 6.45) is 10.8. The fourth-order valence-electron chi connectivity index (χ4n) is 8.77. The molecule has 7 rings (SSSR count). The number of fused-ring (bicyclic) bond motifs is 6. The van der Waals surface area contributed by atoms with Crippen LogP contribution in [0.2, 0.25) is 0 Å². The summed E-state index contributed by atoms with van der Waals surface area (Å²) in [6.45, 7) is 6.19. The average Bonchev–Trinajstić information content (AvgIpc) is 3.30. The maximum absolute atomic E-state index is 12.4. The second-order valence-electron chi connectivity index (χ2n) is 13.6. The van der Waals surface area contributed by atoms with E-state index < -0.39 is 16.9 Å². The number of phenols is 3. The Hall–Kier alpha value is -4.27. The van der Waals surface area contributed by atoms with Crippen molar-refractivity contribution in [3.8, 4) is 34.3 Å². The molecule has 9 heteroatoms. The van der Waals surface area contributed by atoms with Gasteiger partial charge in [0.25, 0.3) is 0 Å². The van der Waals surface area contributed by atoms with Gasteiger partial charge in [0.2, 0.25) is 11.2 Å². The summed E-state index contributed by atoms with van der Waals surface area (Å²) in [7, 11) is 0. The number of carbonyl (C=O) groups excluding carboxylic acids is 2. The molecular weight excluding hydrogens is 576 g/mol. The van der Waals surface area contributed by atoms with E-state index in [9.17, 15) is 34.8 Å². The molecule has 3 fully saturated rings. The molecule has 2 aromatic carbocycles. The summed E-state index contributed by atoms with van der Waals surface area (Å²) >= 11 is 0. The van der Waals surface area contributed by atoms with E-state index in [1.54, 1.807) is 0 Å². The minimum atomic E-state index is -0.654. The molecule has 4 aliphatic rings. The highest BCUT2D eigenvalue weighted by atomic mass is 16.5. The molecule has 9 nitrogen and oxygen atoms in total. The molecule has 0 saturated heterocycles. The predicted molar refractivity (Wildman–Crippen MR) is 167 cm³/mol. The Morgan fingerprint density at radius 1 is 0.911 bits per heavy atom. The molecule has 1 aromatic heterocycles. The van der Waals surface area contributed by atoms with E-state index in [1.165, 1.54) is 49.2 Å². The molecule has 0 spiro atoms. The molecule has 4 aliphatic carbocycles. The first-order valence-electron chi connectivity index (χ1n) is 15.7. The van der Waals surface area contributed by atoms with E-state index in [1.807, 2.05) is 0 Å². The van der Waals surface area contributed by atoms with Gasteiger partial charge in [0.1, 0.15) is 23.2 Å². The van der Waals surface area contributed by atoms with Crippen molar-refractivity contribution >= 4 is 22.7 Å². The van der Waals surface area contributed by atoms with E-state index in [-0.39, 0.29) is 56.7 Å². The number of hydrogen-bond donors (Lipinski definition) is 4. The quantitative estimate of drug-likeness (QED) is 0.139. The summed E-state index contributed by atoms with van der Waals surface area (Å²) in [5.41, 5.74) is 1.39. The van der Waals surface area contributed by atoms with Crippen LogP contribution in [0.5, 0.6) is 23.0 Å². The van der Waals surface area contributed by atoms with Crippen LogP contribution in [0, 0.1) is 28.6 Å². The first kappa shape index (κ1) is 30.7. The van der Waals surface area contributed by atoms with Gasteiger partial charge >= 0.3 is 5.97 Å². The van der Waals surface area contributed by atoms with Crippen molar-refractivity contribution in [3.05, 3.63) is 58.3 Å².